The molecule has 20 heavy (non-hydrogen) atoms. The topological polar surface area (TPSA) is 58.2 Å². The zero-order valence-electron chi connectivity index (χ0n) is 12.2. The molecule has 1 aromatic carbocycles. The van der Waals surface area contributed by atoms with Gasteiger partial charge in [-0.2, -0.15) is 0 Å². The van der Waals surface area contributed by atoms with Gasteiger partial charge in [0.25, 0.3) is 0 Å². The zero-order chi connectivity index (χ0) is 14.6. The van der Waals surface area contributed by atoms with Crippen LogP contribution in [0.25, 0.3) is 0 Å². The lowest BCUT2D eigenvalue weighted by Crippen LogP contribution is -2.26. The Labute approximate surface area is 122 Å². The third-order valence-corrected chi connectivity index (χ3v) is 5.11. The number of benzene rings is 1. The third-order valence-electron chi connectivity index (χ3n) is 3.69. The van der Waals surface area contributed by atoms with E-state index in [1.807, 2.05) is 12.1 Å². The number of hydrogen-bond donors (Lipinski definition) is 2. The zero-order valence-corrected chi connectivity index (χ0v) is 13.0. The molecule has 1 fully saturated rings. The number of hydrogen-bond acceptors (Lipinski definition) is 3. The summed E-state index contributed by atoms with van der Waals surface area (Å²) in [5.74, 6) is 0.540. The van der Waals surface area contributed by atoms with Crippen molar-refractivity contribution in [3.63, 3.8) is 0 Å². The average molecular weight is 296 g/mol. The number of nitrogens with one attached hydrogen (secondary N) is 2. The summed E-state index contributed by atoms with van der Waals surface area (Å²) < 4.78 is 27.2. The maximum Gasteiger partial charge on any atom is 0.240 e. The number of sulfonamides is 1. The molecule has 1 unspecified atom stereocenters. The Morgan fingerprint density at radius 2 is 2.05 bits per heavy atom. The first-order valence-corrected chi connectivity index (χ1v) is 8.88. The van der Waals surface area contributed by atoms with E-state index in [1.54, 1.807) is 12.1 Å². The van der Waals surface area contributed by atoms with Crippen molar-refractivity contribution in [1.29, 1.82) is 0 Å². The van der Waals surface area contributed by atoms with Crippen LogP contribution >= 0.6 is 0 Å². The van der Waals surface area contributed by atoms with Crippen molar-refractivity contribution < 1.29 is 8.42 Å². The molecular formula is C15H24N2O2S. The highest BCUT2D eigenvalue weighted by Gasteiger charge is 2.24. The van der Waals surface area contributed by atoms with Crippen LogP contribution in [-0.2, 0) is 10.0 Å². The quantitative estimate of drug-likeness (QED) is 0.774. The Kier molecular flexibility index (Phi) is 5.18. The van der Waals surface area contributed by atoms with Gasteiger partial charge in [0.15, 0.2) is 0 Å². The minimum absolute atomic E-state index is 0.207. The van der Waals surface area contributed by atoms with Crippen LogP contribution in [0.15, 0.2) is 29.2 Å². The Hall–Kier alpha value is -0.910. The summed E-state index contributed by atoms with van der Waals surface area (Å²) in [7, 11) is -3.37. The first-order chi connectivity index (χ1) is 9.56. The summed E-state index contributed by atoms with van der Waals surface area (Å²) in [5.41, 5.74) is 1.03. The van der Waals surface area contributed by atoms with Gasteiger partial charge in [-0.25, -0.2) is 13.1 Å². The molecule has 0 heterocycles. The third kappa shape index (κ3) is 4.04. The summed E-state index contributed by atoms with van der Waals surface area (Å²) in [4.78, 5) is 0.368. The monoisotopic (exact) mass is 296 g/mol. The maximum atomic E-state index is 12.3. The molecule has 1 aliphatic rings. The van der Waals surface area contributed by atoms with Crippen molar-refractivity contribution >= 4 is 10.0 Å². The van der Waals surface area contributed by atoms with Crippen LogP contribution in [0, 0.1) is 5.92 Å². The van der Waals surface area contributed by atoms with E-state index in [1.165, 1.54) is 0 Å². The fourth-order valence-corrected chi connectivity index (χ4v) is 3.45. The summed E-state index contributed by atoms with van der Waals surface area (Å²) in [6, 6.07) is 7.46. The lowest BCUT2D eigenvalue weighted by molar-refractivity contribution is 0.535. The van der Waals surface area contributed by atoms with Crippen LogP contribution in [-0.4, -0.2) is 21.5 Å². The summed E-state index contributed by atoms with van der Waals surface area (Å²) in [5, 5.41) is 3.37. The van der Waals surface area contributed by atoms with Crippen LogP contribution in [0.3, 0.4) is 0 Å². The van der Waals surface area contributed by atoms with Crippen molar-refractivity contribution in [2.45, 2.75) is 44.0 Å². The van der Waals surface area contributed by atoms with Gasteiger partial charge in [0.1, 0.15) is 0 Å². The molecule has 2 N–H and O–H groups in total. The second-order valence-corrected chi connectivity index (χ2v) is 7.15. The second kappa shape index (κ2) is 6.70. The molecule has 0 aliphatic heterocycles. The van der Waals surface area contributed by atoms with Gasteiger partial charge in [-0.05, 0) is 49.4 Å². The smallest absolute Gasteiger partial charge is 0.240 e. The van der Waals surface area contributed by atoms with Crippen LogP contribution in [0.5, 0.6) is 0 Å². The van der Waals surface area contributed by atoms with E-state index in [-0.39, 0.29) is 6.04 Å². The van der Waals surface area contributed by atoms with E-state index in [0.29, 0.717) is 17.4 Å². The highest BCUT2D eigenvalue weighted by Crippen LogP contribution is 2.28. The van der Waals surface area contributed by atoms with Crippen molar-refractivity contribution in [3.8, 4) is 0 Å². The minimum Gasteiger partial charge on any atom is -0.310 e. The second-order valence-electron chi connectivity index (χ2n) is 5.39. The van der Waals surface area contributed by atoms with Crippen molar-refractivity contribution in [1.82, 2.24) is 10.0 Å². The lowest BCUT2D eigenvalue weighted by atomic mass is 10.0. The molecule has 0 bridgehead atoms. The van der Waals surface area contributed by atoms with Gasteiger partial charge >= 0.3 is 0 Å². The normalized spacial score (nSPS) is 17.1. The highest BCUT2D eigenvalue weighted by atomic mass is 32.2. The van der Waals surface area contributed by atoms with Crippen LogP contribution < -0.4 is 10.0 Å². The lowest BCUT2D eigenvalue weighted by Gasteiger charge is -2.17. The van der Waals surface area contributed by atoms with Gasteiger partial charge in [0.2, 0.25) is 10.0 Å². The average Bonchev–Trinajstić information content (AvgIpc) is 3.27. The number of rotatable bonds is 8. The van der Waals surface area contributed by atoms with Crippen molar-refractivity contribution in [2.75, 3.05) is 13.1 Å². The molecule has 112 valence electrons. The van der Waals surface area contributed by atoms with Crippen molar-refractivity contribution in [2.24, 2.45) is 5.92 Å². The van der Waals surface area contributed by atoms with Crippen LogP contribution in [0.4, 0.5) is 0 Å². The fraction of sp³-hybridized carbons (Fsp3) is 0.600. The first kappa shape index (κ1) is 15.5. The summed E-state index contributed by atoms with van der Waals surface area (Å²) in [6.07, 6.45) is 3.22. The summed E-state index contributed by atoms with van der Waals surface area (Å²) in [6.45, 7) is 5.59. The van der Waals surface area contributed by atoms with Gasteiger partial charge in [-0.15, -0.1) is 0 Å². The molecule has 1 atom stereocenters. The molecule has 5 heteroatoms. The van der Waals surface area contributed by atoms with E-state index in [2.05, 4.69) is 23.9 Å². The highest BCUT2D eigenvalue weighted by molar-refractivity contribution is 7.89. The van der Waals surface area contributed by atoms with Gasteiger partial charge in [0.05, 0.1) is 4.90 Å². The predicted molar refractivity (Wildman–Crippen MR) is 81.1 cm³/mol. The van der Waals surface area contributed by atoms with E-state index in [9.17, 15) is 8.42 Å². The largest absolute Gasteiger partial charge is 0.310 e. The fourth-order valence-electron chi connectivity index (χ4n) is 2.28. The van der Waals surface area contributed by atoms with E-state index in [0.717, 1.165) is 31.4 Å². The molecule has 1 aromatic rings. The molecule has 0 saturated heterocycles. The Morgan fingerprint density at radius 1 is 1.30 bits per heavy atom. The van der Waals surface area contributed by atoms with E-state index < -0.39 is 10.0 Å². The molecule has 1 aliphatic carbocycles. The maximum absolute atomic E-state index is 12.3. The van der Waals surface area contributed by atoms with E-state index >= 15 is 0 Å². The van der Waals surface area contributed by atoms with Gasteiger partial charge in [0, 0.05) is 12.6 Å². The SMILES string of the molecule is CCNC(CC)c1cccc(S(=O)(=O)NCC2CC2)c1. The van der Waals surface area contributed by atoms with Gasteiger partial charge in [-0.1, -0.05) is 26.0 Å². The molecule has 4 nitrogen and oxygen atoms in total. The predicted octanol–water partition coefficient (Wildman–Crippen LogP) is 2.44. The van der Waals surface area contributed by atoms with Crippen LogP contribution in [0.2, 0.25) is 0 Å². The van der Waals surface area contributed by atoms with Gasteiger partial charge in [-0.3, -0.25) is 0 Å². The molecule has 0 spiro atoms. The molecule has 2 rings (SSSR count). The van der Waals surface area contributed by atoms with Crippen LogP contribution in [0.1, 0.15) is 44.7 Å². The Morgan fingerprint density at radius 3 is 2.65 bits per heavy atom. The molecule has 0 radical (unpaired) electrons. The minimum atomic E-state index is -3.37. The van der Waals surface area contributed by atoms with Gasteiger partial charge < -0.3 is 5.32 Å². The summed E-state index contributed by atoms with van der Waals surface area (Å²) >= 11 is 0. The standard InChI is InChI=1S/C15H24N2O2S/c1-3-15(16-4-2)13-6-5-7-14(10-13)20(18,19)17-11-12-8-9-12/h5-7,10,12,15-17H,3-4,8-9,11H2,1-2H3. The van der Waals surface area contributed by atoms with Crippen molar-refractivity contribution in [3.05, 3.63) is 29.8 Å². The first-order valence-electron chi connectivity index (χ1n) is 7.39. The Bertz CT molecular complexity index is 539. The molecule has 1 saturated carbocycles. The molecule has 0 amide bonds. The molecule has 0 aromatic heterocycles. The Balaban J connectivity index is 2.14. The van der Waals surface area contributed by atoms with E-state index in [4.69, 9.17) is 0 Å². The molecular weight excluding hydrogens is 272 g/mol.